The molecule has 0 radical (unpaired) electrons. The van der Waals surface area contributed by atoms with Gasteiger partial charge in [-0.25, -0.2) is 13.2 Å². The summed E-state index contributed by atoms with van der Waals surface area (Å²) in [5.41, 5.74) is -0.230. The second kappa shape index (κ2) is 8.10. The summed E-state index contributed by atoms with van der Waals surface area (Å²) in [5.74, 6) is -0.828. The van der Waals surface area contributed by atoms with Crippen LogP contribution in [-0.2, 0) is 14.6 Å². The number of aromatic hydroxyl groups is 1. The number of phenols is 1. The van der Waals surface area contributed by atoms with E-state index >= 15 is 0 Å². The molecule has 1 fully saturated rings. The van der Waals surface area contributed by atoms with Crippen molar-refractivity contribution in [2.45, 2.75) is 48.2 Å². The van der Waals surface area contributed by atoms with Crippen LogP contribution >= 0.6 is 23.2 Å². The maximum absolute atomic E-state index is 13.5. The molecule has 1 aromatic carbocycles. The Morgan fingerprint density at radius 1 is 1.36 bits per heavy atom. The van der Waals surface area contributed by atoms with Gasteiger partial charge in [0.25, 0.3) is 0 Å². The summed E-state index contributed by atoms with van der Waals surface area (Å²) in [6.07, 6.45) is 2.53. The molecule has 1 saturated heterocycles. The van der Waals surface area contributed by atoms with Gasteiger partial charge in [-0.1, -0.05) is 29.3 Å². The molecule has 0 saturated carbocycles. The highest BCUT2D eigenvalue weighted by Gasteiger charge is 2.44. The molecule has 3 N–H and O–H groups in total. The maximum Gasteiger partial charge on any atom is 0.319 e. The van der Waals surface area contributed by atoms with Crippen LogP contribution in [0.15, 0.2) is 28.1 Å². The lowest BCUT2D eigenvalue weighted by Gasteiger charge is -2.33. The molecule has 3 rings (SSSR count). The SMILES string of the molecule is [2H]C([2H])([2H])C1(S(=O)(=O)c2c(Cl)ccc(NC(=O)N[C@@H]3CCC=C3Cl)c2O)CCOCC1. The average Bonchev–Trinajstić information content (AvgIpc) is 3.08. The molecule has 10 heteroatoms. The lowest BCUT2D eigenvalue weighted by Crippen LogP contribution is -2.41. The third kappa shape index (κ3) is 3.96. The molecule has 1 aliphatic carbocycles. The molecule has 7 nitrogen and oxygen atoms in total. The Morgan fingerprint density at radius 3 is 2.68 bits per heavy atom. The zero-order valence-corrected chi connectivity index (χ0v) is 17.1. The van der Waals surface area contributed by atoms with Crippen molar-refractivity contribution in [3.8, 4) is 5.75 Å². The Balaban J connectivity index is 1.98. The van der Waals surface area contributed by atoms with Crippen LogP contribution in [-0.4, -0.2) is 43.6 Å². The van der Waals surface area contributed by atoms with E-state index in [1.165, 1.54) is 12.1 Å². The number of rotatable bonds is 4. The molecule has 2 aliphatic rings. The van der Waals surface area contributed by atoms with Crippen LogP contribution in [0.2, 0.25) is 5.02 Å². The fourth-order valence-corrected chi connectivity index (χ4v) is 5.71. The second-order valence-electron chi connectivity index (χ2n) is 6.70. The number of sulfone groups is 1. The number of urea groups is 1. The number of hydrogen-bond donors (Lipinski definition) is 3. The summed E-state index contributed by atoms with van der Waals surface area (Å²) in [6, 6.07) is 1.31. The van der Waals surface area contributed by atoms with Crippen LogP contribution < -0.4 is 10.6 Å². The number of carbonyl (C=O) groups excluding carboxylic acids is 1. The van der Waals surface area contributed by atoms with Crippen LogP contribution in [0.4, 0.5) is 10.5 Å². The summed E-state index contributed by atoms with van der Waals surface area (Å²) in [4.78, 5) is 11.6. The van der Waals surface area contributed by atoms with Crippen molar-refractivity contribution >= 4 is 44.8 Å². The number of amides is 2. The molecule has 1 aliphatic heterocycles. The van der Waals surface area contributed by atoms with E-state index in [2.05, 4.69) is 10.6 Å². The summed E-state index contributed by atoms with van der Waals surface area (Å²) >= 11 is 12.1. The standard InChI is InChI=1S/C18H22Cl2N2O5S/c1-18(7-9-27-10-8-18)28(25,26)16-12(20)5-6-14(15(16)23)22-17(24)21-13-4-2-3-11(13)19/h3,5-6,13,23H,2,4,7-10H2,1H3,(H2,21,22,24)/t13-/m1/s1/i1D3. The van der Waals surface area contributed by atoms with E-state index in [4.69, 9.17) is 32.1 Å². The van der Waals surface area contributed by atoms with Gasteiger partial charge in [0.05, 0.1) is 21.5 Å². The first-order valence-electron chi connectivity index (χ1n) is 10.2. The van der Waals surface area contributed by atoms with Crippen molar-refractivity contribution in [1.29, 1.82) is 0 Å². The highest BCUT2D eigenvalue weighted by atomic mass is 35.5. The molecule has 1 atom stereocenters. The molecule has 0 unspecified atom stereocenters. The van der Waals surface area contributed by atoms with Gasteiger partial charge in [0.1, 0.15) is 4.90 Å². The van der Waals surface area contributed by atoms with Crippen LogP contribution in [0.25, 0.3) is 0 Å². The van der Waals surface area contributed by atoms with E-state index in [0.717, 1.165) is 0 Å². The zero-order valence-electron chi connectivity index (χ0n) is 17.8. The van der Waals surface area contributed by atoms with Crippen molar-refractivity contribution < 1.29 is 27.2 Å². The van der Waals surface area contributed by atoms with Crippen molar-refractivity contribution in [2.24, 2.45) is 0 Å². The Labute approximate surface area is 178 Å². The molecule has 154 valence electrons. The summed E-state index contributed by atoms with van der Waals surface area (Å²) in [6.45, 7) is -3.02. The number of benzene rings is 1. The van der Waals surface area contributed by atoms with Gasteiger partial charge in [-0.3, -0.25) is 0 Å². The van der Waals surface area contributed by atoms with E-state index in [0.29, 0.717) is 17.9 Å². The first kappa shape index (κ1) is 17.4. The van der Waals surface area contributed by atoms with Crippen molar-refractivity contribution in [3.63, 3.8) is 0 Å². The predicted molar refractivity (Wildman–Crippen MR) is 108 cm³/mol. The van der Waals surface area contributed by atoms with Crippen LogP contribution in [0.3, 0.4) is 0 Å². The minimum Gasteiger partial charge on any atom is -0.504 e. The number of anilines is 1. The Hall–Kier alpha value is -1.48. The number of allylic oxidation sites excluding steroid dienone is 1. The summed E-state index contributed by atoms with van der Waals surface area (Å²) in [7, 11) is -4.66. The highest BCUT2D eigenvalue weighted by molar-refractivity contribution is 7.93. The molecule has 1 aromatic rings. The van der Waals surface area contributed by atoms with Crippen LogP contribution in [0.5, 0.6) is 5.75 Å². The topological polar surface area (TPSA) is 105 Å². The normalized spacial score (nSPS) is 23.9. The molecule has 0 spiro atoms. The predicted octanol–water partition coefficient (Wildman–Crippen LogP) is 3.80. The minimum absolute atomic E-state index is 0.0635. The van der Waals surface area contributed by atoms with Gasteiger partial charge in [0.15, 0.2) is 15.6 Å². The fraction of sp³-hybridized carbons (Fsp3) is 0.500. The molecular formula is C18H22Cl2N2O5S. The monoisotopic (exact) mass is 451 g/mol. The van der Waals surface area contributed by atoms with Gasteiger partial charge in [-0.05, 0) is 44.7 Å². The molecular weight excluding hydrogens is 427 g/mol. The van der Waals surface area contributed by atoms with E-state index in [9.17, 15) is 18.3 Å². The first-order chi connectivity index (χ1) is 14.4. The molecule has 1 heterocycles. The van der Waals surface area contributed by atoms with E-state index in [-0.39, 0.29) is 42.8 Å². The third-order valence-corrected chi connectivity index (χ3v) is 8.08. The van der Waals surface area contributed by atoms with Crippen molar-refractivity contribution in [1.82, 2.24) is 5.32 Å². The number of halogens is 2. The number of carbonyl (C=O) groups is 1. The molecule has 0 aromatic heterocycles. The number of ether oxygens (including phenoxy) is 1. The molecule has 2 amide bonds. The van der Waals surface area contributed by atoms with Gasteiger partial charge in [-0.2, -0.15) is 0 Å². The Bertz CT molecular complexity index is 1010. The average molecular weight is 452 g/mol. The van der Waals surface area contributed by atoms with Crippen molar-refractivity contribution in [2.75, 3.05) is 18.5 Å². The molecule has 28 heavy (non-hydrogen) atoms. The lowest BCUT2D eigenvalue weighted by atomic mass is 10.0. The van der Waals surface area contributed by atoms with Crippen molar-refractivity contribution in [3.05, 3.63) is 28.3 Å². The van der Waals surface area contributed by atoms with Gasteiger partial charge in [-0.15, -0.1) is 0 Å². The van der Waals surface area contributed by atoms with Gasteiger partial charge in [0.2, 0.25) is 0 Å². The first-order valence-corrected chi connectivity index (χ1v) is 10.9. The third-order valence-electron chi connectivity index (χ3n) is 4.85. The zero-order chi connectivity index (χ0) is 23.0. The molecule has 0 bridgehead atoms. The van der Waals surface area contributed by atoms with Gasteiger partial charge < -0.3 is 20.5 Å². The van der Waals surface area contributed by atoms with E-state index in [1.54, 1.807) is 6.08 Å². The fourth-order valence-electron chi connectivity index (χ4n) is 3.19. The summed E-state index contributed by atoms with van der Waals surface area (Å²) in [5, 5.41) is 15.9. The van der Waals surface area contributed by atoms with Crippen LogP contribution in [0, 0.1) is 0 Å². The number of hydrogen-bond acceptors (Lipinski definition) is 5. The lowest BCUT2D eigenvalue weighted by molar-refractivity contribution is 0.0788. The summed E-state index contributed by atoms with van der Waals surface area (Å²) < 4.78 is 53.8. The largest absolute Gasteiger partial charge is 0.504 e. The smallest absolute Gasteiger partial charge is 0.319 e. The number of nitrogens with one attached hydrogen (secondary N) is 2. The highest BCUT2D eigenvalue weighted by Crippen LogP contribution is 2.44. The van der Waals surface area contributed by atoms with Gasteiger partial charge >= 0.3 is 6.03 Å². The minimum atomic E-state index is -4.66. The quantitative estimate of drug-likeness (QED) is 0.603. The Kier molecular flexibility index (Phi) is 5.03. The second-order valence-corrected chi connectivity index (χ2v) is 9.74. The van der Waals surface area contributed by atoms with E-state index < -0.39 is 38.1 Å². The van der Waals surface area contributed by atoms with Crippen LogP contribution in [0.1, 0.15) is 36.6 Å². The Morgan fingerprint density at radius 2 is 2.07 bits per heavy atom. The maximum atomic E-state index is 13.5. The van der Waals surface area contributed by atoms with E-state index in [1.807, 2.05) is 0 Å². The van der Waals surface area contributed by atoms with Gasteiger partial charge in [0, 0.05) is 22.4 Å². The number of phenolic OH excluding ortho intramolecular Hbond substituents is 1.